The van der Waals surface area contributed by atoms with E-state index in [1.165, 1.54) is 12.8 Å². The number of anilines is 1. The third-order valence-electron chi connectivity index (χ3n) is 2.74. The highest BCUT2D eigenvalue weighted by Crippen LogP contribution is 2.19. The highest BCUT2D eigenvalue weighted by atomic mass is 15.3. The maximum absolute atomic E-state index is 4.42. The molecule has 4 heteroatoms. The Morgan fingerprint density at radius 3 is 2.87 bits per heavy atom. The SMILES string of the molecule is CC(C)Nc1cnn(C2CCNCC2)c1. The summed E-state index contributed by atoms with van der Waals surface area (Å²) in [6.07, 6.45) is 6.41. The van der Waals surface area contributed by atoms with Crippen LogP contribution < -0.4 is 10.6 Å². The minimum absolute atomic E-state index is 0.468. The van der Waals surface area contributed by atoms with Gasteiger partial charge in [0.05, 0.1) is 17.9 Å². The first-order chi connectivity index (χ1) is 7.25. The van der Waals surface area contributed by atoms with E-state index in [-0.39, 0.29) is 0 Å². The van der Waals surface area contributed by atoms with Crippen molar-refractivity contribution in [3.8, 4) is 0 Å². The maximum atomic E-state index is 4.42. The third-order valence-corrected chi connectivity index (χ3v) is 2.74. The average Bonchev–Trinajstić information content (AvgIpc) is 2.67. The summed E-state index contributed by atoms with van der Waals surface area (Å²) in [6.45, 7) is 6.50. The fourth-order valence-electron chi connectivity index (χ4n) is 2.02. The second-order valence-corrected chi connectivity index (χ2v) is 4.49. The highest BCUT2D eigenvalue weighted by Gasteiger charge is 2.15. The lowest BCUT2D eigenvalue weighted by Crippen LogP contribution is -2.29. The molecule has 84 valence electrons. The summed E-state index contributed by atoms with van der Waals surface area (Å²) in [4.78, 5) is 0. The molecule has 1 aliphatic rings. The van der Waals surface area contributed by atoms with Crippen LogP contribution in [0, 0.1) is 0 Å². The van der Waals surface area contributed by atoms with Gasteiger partial charge in [0.2, 0.25) is 0 Å². The number of nitrogens with zero attached hydrogens (tertiary/aromatic N) is 2. The lowest BCUT2D eigenvalue weighted by molar-refractivity contribution is 0.343. The Hall–Kier alpha value is -1.03. The van der Waals surface area contributed by atoms with Gasteiger partial charge in [-0.25, -0.2) is 0 Å². The minimum Gasteiger partial charge on any atom is -0.380 e. The molecular weight excluding hydrogens is 188 g/mol. The molecule has 15 heavy (non-hydrogen) atoms. The van der Waals surface area contributed by atoms with Crippen LogP contribution in [0.1, 0.15) is 32.7 Å². The standard InChI is InChI=1S/C11H20N4/c1-9(2)14-10-7-13-15(8-10)11-3-5-12-6-4-11/h7-9,11-12,14H,3-6H2,1-2H3. The third kappa shape index (κ3) is 2.72. The molecule has 0 bridgehead atoms. The van der Waals surface area contributed by atoms with Crippen LogP contribution in [-0.4, -0.2) is 28.9 Å². The van der Waals surface area contributed by atoms with Crippen molar-refractivity contribution in [1.29, 1.82) is 0 Å². The quantitative estimate of drug-likeness (QED) is 0.793. The van der Waals surface area contributed by atoms with Crippen LogP contribution in [0.3, 0.4) is 0 Å². The summed E-state index contributed by atoms with van der Waals surface area (Å²) in [6, 6.07) is 1.05. The second-order valence-electron chi connectivity index (χ2n) is 4.49. The van der Waals surface area contributed by atoms with Crippen LogP contribution >= 0.6 is 0 Å². The number of nitrogens with one attached hydrogen (secondary N) is 2. The first-order valence-corrected chi connectivity index (χ1v) is 5.77. The molecule has 1 aliphatic heterocycles. The topological polar surface area (TPSA) is 41.9 Å². The molecule has 1 saturated heterocycles. The largest absolute Gasteiger partial charge is 0.380 e. The molecule has 2 rings (SSSR count). The van der Waals surface area contributed by atoms with Gasteiger partial charge in [0.25, 0.3) is 0 Å². The predicted octanol–water partition coefficient (Wildman–Crippen LogP) is 1.63. The Labute approximate surface area is 91.1 Å². The van der Waals surface area contributed by atoms with Gasteiger partial charge in [-0.3, -0.25) is 4.68 Å². The molecule has 0 radical (unpaired) electrons. The Kier molecular flexibility index (Phi) is 3.26. The summed E-state index contributed by atoms with van der Waals surface area (Å²) in [5.41, 5.74) is 1.13. The fraction of sp³-hybridized carbons (Fsp3) is 0.727. The zero-order valence-electron chi connectivity index (χ0n) is 9.53. The van der Waals surface area contributed by atoms with Crippen LogP contribution in [0.5, 0.6) is 0 Å². The van der Waals surface area contributed by atoms with Crippen molar-refractivity contribution >= 4 is 5.69 Å². The molecule has 0 aliphatic carbocycles. The van der Waals surface area contributed by atoms with E-state index in [0.29, 0.717) is 12.1 Å². The lowest BCUT2D eigenvalue weighted by atomic mass is 10.1. The van der Waals surface area contributed by atoms with Crippen molar-refractivity contribution in [2.75, 3.05) is 18.4 Å². The Balaban J connectivity index is 1.99. The van der Waals surface area contributed by atoms with Crippen LogP contribution in [0.15, 0.2) is 12.4 Å². The van der Waals surface area contributed by atoms with Gasteiger partial charge in [-0.1, -0.05) is 0 Å². The summed E-state index contributed by atoms with van der Waals surface area (Å²) in [7, 11) is 0. The van der Waals surface area contributed by atoms with Gasteiger partial charge < -0.3 is 10.6 Å². The van der Waals surface area contributed by atoms with Gasteiger partial charge in [0, 0.05) is 12.2 Å². The predicted molar refractivity (Wildman–Crippen MR) is 62.1 cm³/mol. The van der Waals surface area contributed by atoms with Gasteiger partial charge in [0.15, 0.2) is 0 Å². The van der Waals surface area contributed by atoms with Crippen molar-refractivity contribution in [3.05, 3.63) is 12.4 Å². The molecule has 0 saturated carbocycles. The van der Waals surface area contributed by atoms with Crippen LogP contribution in [0.4, 0.5) is 5.69 Å². The summed E-state index contributed by atoms with van der Waals surface area (Å²) in [5, 5.41) is 11.2. The van der Waals surface area contributed by atoms with Crippen molar-refractivity contribution in [1.82, 2.24) is 15.1 Å². The molecule has 1 aromatic rings. The van der Waals surface area contributed by atoms with Crippen molar-refractivity contribution < 1.29 is 0 Å². The number of piperidine rings is 1. The number of hydrogen-bond acceptors (Lipinski definition) is 3. The minimum atomic E-state index is 0.468. The number of aromatic nitrogens is 2. The zero-order valence-corrected chi connectivity index (χ0v) is 9.53. The first-order valence-electron chi connectivity index (χ1n) is 5.77. The van der Waals surface area contributed by atoms with Crippen LogP contribution in [0.25, 0.3) is 0 Å². The summed E-state index contributed by atoms with van der Waals surface area (Å²) < 4.78 is 2.10. The van der Waals surface area contributed by atoms with Gasteiger partial charge >= 0.3 is 0 Å². The molecule has 2 N–H and O–H groups in total. The van der Waals surface area contributed by atoms with Crippen molar-refractivity contribution in [2.45, 2.75) is 38.8 Å². The molecule has 0 unspecified atom stereocenters. The van der Waals surface area contributed by atoms with Crippen LogP contribution in [0.2, 0.25) is 0 Å². The van der Waals surface area contributed by atoms with E-state index in [1.807, 2.05) is 6.20 Å². The molecule has 0 amide bonds. The van der Waals surface area contributed by atoms with Gasteiger partial charge in [-0.15, -0.1) is 0 Å². The smallest absolute Gasteiger partial charge is 0.0728 e. The van der Waals surface area contributed by atoms with Crippen molar-refractivity contribution in [2.24, 2.45) is 0 Å². The summed E-state index contributed by atoms with van der Waals surface area (Å²) >= 11 is 0. The molecular formula is C11H20N4. The normalized spacial score (nSPS) is 18.3. The molecule has 0 aromatic carbocycles. The Bertz CT molecular complexity index is 299. The van der Waals surface area contributed by atoms with E-state index >= 15 is 0 Å². The Morgan fingerprint density at radius 2 is 2.20 bits per heavy atom. The summed E-state index contributed by atoms with van der Waals surface area (Å²) in [5.74, 6) is 0. The van der Waals surface area contributed by atoms with Gasteiger partial charge in [-0.05, 0) is 39.8 Å². The second kappa shape index (κ2) is 4.66. The molecule has 0 spiro atoms. The van der Waals surface area contributed by atoms with Gasteiger partial charge in [-0.2, -0.15) is 5.10 Å². The van der Waals surface area contributed by atoms with Gasteiger partial charge in [0.1, 0.15) is 0 Å². The molecule has 0 atom stereocenters. The van der Waals surface area contributed by atoms with Crippen molar-refractivity contribution in [3.63, 3.8) is 0 Å². The van der Waals surface area contributed by atoms with E-state index in [4.69, 9.17) is 0 Å². The average molecular weight is 208 g/mol. The molecule has 1 aromatic heterocycles. The molecule has 2 heterocycles. The first kappa shape index (κ1) is 10.5. The van der Waals surface area contributed by atoms with E-state index in [0.717, 1.165) is 18.8 Å². The van der Waals surface area contributed by atoms with E-state index in [1.54, 1.807) is 0 Å². The maximum Gasteiger partial charge on any atom is 0.0728 e. The molecule has 4 nitrogen and oxygen atoms in total. The van der Waals surface area contributed by atoms with E-state index in [2.05, 4.69) is 40.5 Å². The fourth-order valence-corrected chi connectivity index (χ4v) is 2.02. The Morgan fingerprint density at radius 1 is 1.47 bits per heavy atom. The number of hydrogen-bond donors (Lipinski definition) is 2. The highest BCUT2D eigenvalue weighted by molar-refractivity contribution is 5.38. The number of rotatable bonds is 3. The monoisotopic (exact) mass is 208 g/mol. The molecule has 1 fully saturated rings. The zero-order chi connectivity index (χ0) is 10.7. The van der Waals surface area contributed by atoms with E-state index < -0.39 is 0 Å². The van der Waals surface area contributed by atoms with Crippen LogP contribution in [-0.2, 0) is 0 Å². The van der Waals surface area contributed by atoms with E-state index in [9.17, 15) is 0 Å². The lowest BCUT2D eigenvalue weighted by Gasteiger charge is -2.22.